The van der Waals surface area contributed by atoms with Gasteiger partial charge in [-0.3, -0.25) is 4.79 Å². The minimum atomic E-state index is -0.00412. The normalized spacial score (nSPS) is 20.6. The number of nitrogens with zero attached hydrogens (tertiary/aromatic N) is 2. The van der Waals surface area contributed by atoms with Crippen LogP contribution in [0.2, 0.25) is 0 Å². The number of likely N-dealkylation sites (tertiary alicyclic amines) is 1. The number of piperidine rings is 1. The van der Waals surface area contributed by atoms with Crippen molar-refractivity contribution in [2.75, 3.05) is 20.1 Å². The van der Waals surface area contributed by atoms with Crippen LogP contribution in [0.1, 0.15) is 36.0 Å². The molecule has 94 valence electrons. The van der Waals surface area contributed by atoms with Crippen LogP contribution in [0.5, 0.6) is 0 Å². The van der Waals surface area contributed by atoms with E-state index in [1.807, 2.05) is 18.9 Å². The maximum atomic E-state index is 12.3. The van der Waals surface area contributed by atoms with E-state index in [9.17, 15) is 4.79 Å². The lowest BCUT2D eigenvalue weighted by molar-refractivity contribution is 0.0690. The van der Waals surface area contributed by atoms with Gasteiger partial charge in [0, 0.05) is 25.6 Å². The van der Waals surface area contributed by atoms with Crippen molar-refractivity contribution in [2.24, 2.45) is 0 Å². The van der Waals surface area contributed by atoms with Crippen LogP contribution >= 0.6 is 0 Å². The molecule has 2 heterocycles. The van der Waals surface area contributed by atoms with Gasteiger partial charge in [0.05, 0.1) is 0 Å². The zero-order chi connectivity index (χ0) is 12.3. The van der Waals surface area contributed by atoms with Gasteiger partial charge in [0.25, 0.3) is 5.91 Å². The Hall–Kier alpha value is -1.36. The Labute approximate surface area is 101 Å². The number of likely N-dealkylation sites (N-methyl/N-ethyl adjacent to an activating group) is 1. The molecule has 1 aliphatic rings. The molecule has 1 N–H and O–H groups in total. The Morgan fingerprint density at radius 2 is 2.53 bits per heavy atom. The minimum Gasteiger partial charge on any atom is -0.448 e. The number of oxazole rings is 1. The highest BCUT2D eigenvalue weighted by Gasteiger charge is 2.26. The van der Waals surface area contributed by atoms with Gasteiger partial charge >= 0.3 is 0 Å². The zero-order valence-corrected chi connectivity index (χ0v) is 10.4. The van der Waals surface area contributed by atoms with Gasteiger partial charge < -0.3 is 14.6 Å². The van der Waals surface area contributed by atoms with Crippen molar-refractivity contribution in [3.05, 3.63) is 17.8 Å². The molecule has 1 aliphatic heterocycles. The topological polar surface area (TPSA) is 58.4 Å². The molecule has 5 heteroatoms. The smallest absolute Gasteiger partial charge is 0.276 e. The highest BCUT2D eigenvalue weighted by atomic mass is 16.3. The van der Waals surface area contributed by atoms with Crippen LogP contribution in [0.4, 0.5) is 0 Å². The van der Waals surface area contributed by atoms with Gasteiger partial charge in [-0.05, 0) is 19.9 Å². The molecule has 17 heavy (non-hydrogen) atoms. The predicted octanol–water partition coefficient (Wildman–Crippen LogP) is 1.06. The van der Waals surface area contributed by atoms with Crippen molar-refractivity contribution < 1.29 is 9.21 Å². The van der Waals surface area contributed by atoms with Crippen LogP contribution in [0.25, 0.3) is 0 Å². The third-order valence-corrected chi connectivity index (χ3v) is 3.28. The Bertz CT molecular complexity index is 389. The molecule has 1 aromatic heterocycles. The van der Waals surface area contributed by atoms with E-state index in [1.54, 1.807) is 0 Å². The van der Waals surface area contributed by atoms with E-state index >= 15 is 0 Å². The Morgan fingerprint density at radius 1 is 1.71 bits per heavy atom. The van der Waals surface area contributed by atoms with Crippen LogP contribution in [0, 0.1) is 0 Å². The fraction of sp³-hybridized carbons (Fsp3) is 0.667. The van der Waals surface area contributed by atoms with Gasteiger partial charge in [0.15, 0.2) is 12.1 Å². The quantitative estimate of drug-likeness (QED) is 0.854. The van der Waals surface area contributed by atoms with Gasteiger partial charge in [-0.2, -0.15) is 0 Å². The number of aryl methyl sites for hydroxylation is 1. The molecule has 0 radical (unpaired) electrons. The number of aromatic nitrogens is 1. The summed E-state index contributed by atoms with van der Waals surface area (Å²) in [6.45, 7) is 3.53. The molecule has 1 amide bonds. The zero-order valence-electron chi connectivity index (χ0n) is 10.4. The van der Waals surface area contributed by atoms with E-state index in [4.69, 9.17) is 4.42 Å². The van der Waals surface area contributed by atoms with Crippen LogP contribution in [0.3, 0.4) is 0 Å². The number of rotatable bonds is 3. The first-order chi connectivity index (χ1) is 8.26. The van der Waals surface area contributed by atoms with E-state index < -0.39 is 0 Å². The highest BCUT2D eigenvalue weighted by Crippen LogP contribution is 2.15. The molecule has 5 nitrogen and oxygen atoms in total. The van der Waals surface area contributed by atoms with E-state index in [2.05, 4.69) is 10.3 Å². The molecule has 0 saturated carbocycles. The van der Waals surface area contributed by atoms with E-state index in [0.29, 0.717) is 23.9 Å². The van der Waals surface area contributed by atoms with Crippen LogP contribution in [-0.2, 0) is 6.42 Å². The summed E-state index contributed by atoms with van der Waals surface area (Å²) in [5.74, 6) is 0.678. The van der Waals surface area contributed by atoms with Gasteiger partial charge in [0.1, 0.15) is 5.76 Å². The van der Waals surface area contributed by atoms with Gasteiger partial charge in [-0.1, -0.05) is 6.92 Å². The average molecular weight is 237 g/mol. The summed E-state index contributed by atoms with van der Waals surface area (Å²) >= 11 is 0. The second-order valence-corrected chi connectivity index (χ2v) is 4.36. The third kappa shape index (κ3) is 2.49. The first-order valence-corrected chi connectivity index (χ1v) is 6.15. The van der Waals surface area contributed by atoms with Crippen LogP contribution in [-0.4, -0.2) is 42.0 Å². The van der Waals surface area contributed by atoms with Crippen molar-refractivity contribution in [3.63, 3.8) is 0 Å². The SMILES string of the molecule is CCc1ocnc1C(=O)N1CCCC(NC)C1. The number of nitrogens with one attached hydrogen (secondary N) is 1. The van der Waals surface area contributed by atoms with Gasteiger partial charge in [0.2, 0.25) is 0 Å². The molecule has 0 spiro atoms. The van der Waals surface area contributed by atoms with Gasteiger partial charge in [-0.15, -0.1) is 0 Å². The first-order valence-electron chi connectivity index (χ1n) is 6.15. The molecule has 0 aliphatic carbocycles. The lowest BCUT2D eigenvalue weighted by atomic mass is 10.1. The molecule has 1 saturated heterocycles. The molecule has 2 rings (SSSR count). The Morgan fingerprint density at radius 3 is 3.24 bits per heavy atom. The van der Waals surface area contributed by atoms with Crippen molar-refractivity contribution >= 4 is 5.91 Å². The standard InChI is InChI=1S/C12H19N3O2/c1-3-10-11(14-8-17-10)12(16)15-6-4-5-9(7-15)13-2/h8-9,13H,3-7H2,1-2H3. The van der Waals surface area contributed by atoms with Crippen molar-refractivity contribution in [1.29, 1.82) is 0 Å². The van der Waals surface area contributed by atoms with E-state index in [1.165, 1.54) is 6.39 Å². The van der Waals surface area contributed by atoms with Crippen molar-refractivity contribution in [1.82, 2.24) is 15.2 Å². The molecular weight excluding hydrogens is 218 g/mol. The summed E-state index contributed by atoms with van der Waals surface area (Å²) in [6, 6.07) is 0.393. The average Bonchev–Trinajstić information content (AvgIpc) is 2.86. The third-order valence-electron chi connectivity index (χ3n) is 3.28. The lowest BCUT2D eigenvalue weighted by Gasteiger charge is -2.32. The second kappa shape index (κ2) is 5.31. The summed E-state index contributed by atoms with van der Waals surface area (Å²) < 4.78 is 5.20. The van der Waals surface area contributed by atoms with Crippen LogP contribution in [0.15, 0.2) is 10.8 Å². The fourth-order valence-electron chi connectivity index (χ4n) is 2.24. The summed E-state index contributed by atoms with van der Waals surface area (Å²) in [4.78, 5) is 18.2. The van der Waals surface area contributed by atoms with Crippen LogP contribution < -0.4 is 5.32 Å². The Kier molecular flexibility index (Phi) is 3.78. The second-order valence-electron chi connectivity index (χ2n) is 4.36. The predicted molar refractivity (Wildman–Crippen MR) is 63.9 cm³/mol. The van der Waals surface area contributed by atoms with E-state index in [-0.39, 0.29) is 5.91 Å². The fourth-order valence-corrected chi connectivity index (χ4v) is 2.24. The largest absolute Gasteiger partial charge is 0.448 e. The lowest BCUT2D eigenvalue weighted by Crippen LogP contribution is -2.47. The Balaban J connectivity index is 2.09. The summed E-state index contributed by atoms with van der Waals surface area (Å²) in [6.07, 6.45) is 4.21. The maximum Gasteiger partial charge on any atom is 0.276 e. The number of hydrogen-bond acceptors (Lipinski definition) is 4. The summed E-state index contributed by atoms with van der Waals surface area (Å²) in [5, 5.41) is 3.22. The summed E-state index contributed by atoms with van der Waals surface area (Å²) in [5.41, 5.74) is 0.476. The maximum absolute atomic E-state index is 12.3. The molecule has 1 unspecified atom stereocenters. The number of amides is 1. The van der Waals surface area contributed by atoms with Crippen molar-refractivity contribution in [3.8, 4) is 0 Å². The highest BCUT2D eigenvalue weighted by molar-refractivity contribution is 5.93. The number of hydrogen-bond donors (Lipinski definition) is 1. The molecular formula is C12H19N3O2. The van der Waals surface area contributed by atoms with Gasteiger partial charge in [-0.25, -0.2) is 4.98 Å². The minimum absolute atomic E-state index is 0.00412. The number of carbonyl (C=O) groups excluding carboxylic acids is 1. The molecule has 0 bridgehead atoms. The summed E-state index contributed by atoms with van der Waals surface area (Å²) in [7, 11) is 1.94. The monoisotopic (exact) mass is 237 g/mol. The molecule has 0 aromatic carbocycles. The molecule has 1 aromatic rings. The molecule has 1 fully saturated rings. The van der Waals surface area contributed by atoms with E-state index in [0.717, 1.165) is 25.9 Å². The first kappa shape index (κ1) is 12.1. The number of carbonyl (C=O) groups is 1. The molecule has 1 atom stereocenters. The van der Waals surface area contributed by atoms with Crippen molar-refractivity contribution in [2.45, 2.75) is 32.2 Å².